The van der Waals surface area contributed by atoms with Gasteiger partial charge in [-0.05, 0) is 6.07 Å². The van der Waals surface area contributed by atoms with Crippen LogP contribution in [-0.2, 0) is 4.79 Å². The van der Waals surface area contributed by atoms with E-state index in [1.807, 2.05) is 0 Å². The van der Waals surface area contributed by atoms with E-state index in [4.69, 9.17) is 23.2 Å². The number of hydrogen-bond acceptors (Lipinski definition) is 3. The van der Waals surface area contributed by atoms with Gasteiger partial charge in [-0.1, -0.05) is 29.3 Å². The smallest absolute Gasteiger partial charge is 0.271 e. The molecular formula is C10H6Cl2N2O3. The molecule has 0 saturated heterocycles. The maximum absolute atomic E-state index is 11.7. The lowest BCUT2D eigenvalue weighted by molar-refractivity contribution is -0.384. The van der Waals surface area contributed by atoms with Crippen LogP contribution >= 0.6 is 23.2 Å². The van der Waals surface area contributed by atoms with Crippen molar-refractivity contribution in [3.05, 3.63) is 44.4 Å². The zero-order chi connectivity index (χ0) is 12.6. The van der Waals surface area contributed by atoms with Crippen molar-refractivity contribution in [1.29, 1.82) is 0 Å². The van der Waals surface area contributed by atoms with Gasteiger partial charge in [0.25, 0.3) is 11.6 Å². The molecule has 0 N–H and O–H groups in total. The zero-order valence-corrected chi connectivity index (χ0v) is 9.90. The topological polar surface area (TPSA) is 63.5 Å². The Balaban J connectivity index is 2.34. The number of nitrogens with zero attached hydrogens (tertiary/aromatic N) is 2. The number of nitro benzene ring substituents is 1. The SMILES string of the molecule is O=C1C(Cl)=C(Cl)CN1c1cccc([N+](=O)[O-])c1. The lowest BCUT2D eigenvalue weighted by Gasteiger charge is -2.15. The number of nitro groups is 1. The maximum Gasteiger partial charge on any atom is 0.271 e. The Bertz CT molecular complexity index is 542. The summed E-state index contributed by atoms with van der Waals surface area (Å²) in [6.45, 7) is 0.139. The van der Waals surface area contributed by atoms with Crippen LogP contribution in [0.5, 0.6) is 0 Å². The molecule has 88 valence electrons. The third-order valence-corrected chi connectivity index (χ3v) is 3.12. The molecule has 0 bridgehead atoms. The first kappa shape index (κ1) is 11.9. The largest absolute Gasteiger partial charge is 0.302 e. The summed E-state index contributed by atoms with van der Waals surface area (Å²) < 4.78 is 0. The van der Waals surface area contributed by atoms with Crippen molar-refractivity contribution in [2.24, 2.45) is 0 Å². The molecule has 0 saturated carbocycles. The second-order valence-electron chi connectivity index (χ2n) is 3.39. The summed E-state index contributed by atoms with van der Waals surface area (Å²) in [5.74, 6) is -0.447. The predicted molar refractivity (Wildman–Crippen MR) is 64.2 cm³/mol. The summed E-state index contributed by atoms with van der Waals surface area (Å²) in [6.07, 6.45) is 0. The molecule has 17 heavy (non-hydrogen) atoms. The highest BCUT2D eigenvalue weighted by molar-refractivity contribution is 6.51. The Hall–Kier alpha value is -1.59. The van der Waals surface area contributed by atoms with Crippen LogP contribution in [0.1, 0.15) is 0 Å². The van der Waals surface area contributed by atoms with E-state index in [2.05, 4.69) is 0 Å². The Morgan fingerprint density at radius 2 is 2.06 bits per heavy atom. The van der Waals surface area contributed by atoms with Crippen molar-refractivity contribution in [2.45, 2.75) is 0 Å². The van der Waals surface area contributed by atoms with Crippen LogP contribution in [0.15, 0.2) is 34.3 Å². The number of benzene rings is 1. The molecule has 1 aliphatic heterocycles. The Labute approximate surface area is 106 Å². The second-order valence-corrected chi connectivity index (χ2v) is 4.22. The van der Waals surface area contributed by atoms with E-state index in [1.54, 1.807) is 6.07 Å². The third-order valence-electron chi connectivity index (χ3n) is 2.32. The summed E-state index contributed by atoms with van der Waals surface area (Å²) in [6, 6.07) is 5.74. The molecule has 5 nitrogen and oxygen atoms in total. The van der Waals surface area contributed by atoms with Gasteiger partial charge >= 0.3 is 0 Å². The fourth-order valence-corrected chi connectivity index (χ4v) is 1.86. The molecule has 0 aromatic heterocycles. The molecule has 1 amide bonds. The van der Waals surface area contributed by atoms with Gasteiger partial charge in [-0.2, -0.15) is 0 Å². The minimum Gasteiger partial charge on any atom is -0.302 e. The quantitative estimate of drug-likeness (QED) is 0.614. The highest BCUT2D eigenvalue weighted by Gasteiger charge is 2.29. The van der Waals surface area contributed by atoms with Crippen molar-refractivity contribution in [2.75, 3.05) is 11.4 Å². The first-order valence-corrected chi connectivity index (χ1v) is 5.37. The summed E-state index contributed by atoms with van der Waals surface area (Å²) in [4.78, 5) is 23.1. The summed E-state index contributed by atoms with van der Waals surface area (Å²) in [7, 11) is 0. The van der Waals surface area contributed by atoms with Gasteiger partial charge in [0.2, 0.25) is 0 Å². The summed E-state index contributed by atoms with van der Waals surface area (Å²) >= 11 is 11.4. The third kappa shape index (κ3) is 2.11. The van der Waals surface area contributed by atoms with E-state index in [0.29, 0.717) is 5.69 Å². The van der Waals surface area contributed by atoms with Crippen molar-refractivity contribution in [3.63, 3.8) is 0 Å². The standard InChI is InChI=1S/C10H6Cl2N2O3/c11-8-5-13(10(15)9(8)12)6-2-1-3-7(4-6)14(16)17/h1-4H,5H2. The van der Waals surface area contributed by atoms with Crippen molar-refractivity contribution in [1.82, 2.24) is 0 Å². The molecule has 0 radical (unpaired) electrons. The van der Waals surface area contributed by atoms with Crippen LogP contribution in [0.3, 0.4) is 0 Å². The molecule has 0 fully saturated rings. The molecule has 0 aliphatic carbocycles. The van der Waals surface area contributed by atoms with E-state index >= 15 is 0 Å². The Kier molecular flexibility index (Phi) is 3.04. The molecule has 1 heterocycles. The van der Waals surface area contributed by atoms with Gasteiger partial charge in [-0.25, -0.2) is 0 Å². The minimum absolute atomic E-state index is 0.0434. The number of hydrogen-bond donors (Lipinski definition) is 0. The lowest BCUT2D eigenvalue weighted by atomic mass is 10.2. The monoisotopic (exact) mass is 272 g/mol. The lowest BCUT2D eigenvalue weighted by Crippen LogP contribution is -2.25. The number of non-ortho nitro benzene ring substituents is 1. The van der Waals surface area contributed by atoms with Crippen LogP contribution in [0.2, 0.25) is 0 Å². The highest BCUT2D eigenvalue weighted by Crippen LogP contribution is 2.31. The van der Waals surface area contributed by atoms with Crippen LogP contribution < -0.4 is 4.90 Å². The number of halogens is 2. The van der Waals surface area contributed by atoms with Crippen LogP contribution in [-0.4, -0.2) is 17.4 Å². The van der Waals surface area contributed by atoms with Gasteiger partial charge in [-0.3, -0.25) is 14.9 Å². The zero-order valence-electron chi connectivity index (χ0n) is 8.39. The Morgan fingerprint density at radius 1 is 1.35 bits per heavy atom. The average molecular weight is 273 g/mol. The number of anilines is 1. The predicted octanol–water partition coefficient (Wildman–Crippen LogP) is 2.63. The minimum atomic E-state index is -0.527. The van der Waals surface area contributed by atoms with Gasteiger partial charge in [0.1, 0.15) is 5.03 Å². The van der Waals surface area contributed by atoms with Gasteiger partial charge in [0.15, 0.2) is 0 Å². The Morgan fingerprint density at radius 3 is 2.59 bits per heavy atom. The van der Waals surface area contributed by atoms with Gasteiger partial charge < -0.3 is 4.90 Å². The van der Waals surface area contributed by atoms with E-state index in [-0.39, 0.29) is 22.3 Å². The molecular weight excluding hydrogens is 267 g/mol. The van der Waals surface area contributed by atoms with Gasteiger partial charge in [0, 0.05) is 12.1 Å². The fourth-order valence-electron chi connectivity index (χ4n) is 1.50. The molecule has 7 heteroatoms. The van der Waals surface area contributed by atoms with Crippen molar-refractivity contribution >= 4 is 40.5 Å². The molecule has 2 rings (SSSR count). The van der Waals surface area contributed by atoms with Gasteiger partial charge in [0.05, 0.1) is 22.2 Å². The normalized spacial score (nSPS) is 15.6. The molecule has 0 unspecified atom stereocenters. The maximum atomic E-state index is 11.7. The van der Waals surface area contributed by atoms with Crippen LogP contribution in [0.4, 0.5) is 11.4 Å². The number of carbonyl (C=O) groups excluding carboxylic acids is 1. The molecule has 0 spiro atoms. The van der Waals surface area contributed by atoms with Crippen molar-refractivity contribution in [3.8, 4) is 0 Å². The number of amides is 1. The second kappa shape index (κ2) is 4.35. The number of carbonyl (C=O) groups is 1. The van der Waals surface area contributed by atoms with E-state index in [9.17, 15) is 14.9 Å². The average Bonchev–Trinajstić information content (AvgIpc) is 2.57. The highest BCUT2D eigenvalue weighted by atomic mass is 35.5. The molecule has 1 aliphatic rings. The molecule has 0 atom stereocenters. The summed E-state index contributed by atoms with van der Waals surface area (Å²) in [5, 5.41) is 10.8. The first-order chi connectivity index (χ1) is 8.00. The van der Waals surface area contributed by atoms with Crippen LogP contribution in [0.25, 0.3) is 0 Å². The van der Waals surface area contributed by atoms with E-state index in [0.717, 1.165) is 0 Å². The van der Waals surface area contributed by atoms with E-state index in [1.165, 1.54) is 23.1 Å². The first-order valence-electron chi connectivity index (χ1n) is 4.61. The number of rotatable bonds is 2. The summed E-state index contributed by atoms with van der Waals surface area (Å²) in [5.41, 5.74) is 0.312. The molecule has 1 aromatic carbocycles. The van der Waals surface area contributed by atoms with Crippen molar-refractivity contribution < 1.29 is 9.72 Å². The molecule has 1 aromatic rings. The fraction of sp³-hybridized carbons (Fsp3) is 0.100. The van der Waals surface area contributed by atoms with E-state index < -0.39 is 10.8 Å². The van der Waals surface area contributed by atoms with Crippen LogP contribution in [0, 0.1) is 10.1 Å². The van der Waals surface area contributed by atoms with Gasteiger partial charge in [-0.15, -0.1) is 0 Å².